The van der Waals surface area contributed by atoms with E-state index in [-0.39, 0.29) is 11.3 Å². The molecule has 0 bridgehead atoms. The van der Waals surface area contributed by atoms with Crippen molar-refractivity contribution in [1.82, 2.24) is 15.0 Å². The quantitative estimate of drug-likeness (QED) is 0.914. The predicted molar refractivity (Wildman–Crippen MR) is 78.0 cm³/mol. The highest BCUT2D eigenvalue weighted by atomic mass is 79.9. The summed E-state index contributed by atoms with van der Waals surface area (Å²) in [7, 11) is 0. The van der Waals surface area contributed by atoms with Crippen LogP contribution in [0.4, 0.5) is 5.95 Å². The Hall–Kier alpha value is -1.40. The van der Waals surface area contributed by atoms with Gasteiger partial charge in [0, 0.05) is 6.54 Å². The summed E-state index contributed by atoms with van der Waals surface area (Å²) in [5.41, 5.74) is 1.13. The minimum atomic E-state index is 0.0872. The van der Waals surface area contributed by atoms with E-state index in [1.165, 1.54) is 0 Å². The van der Waals surface area contributed by atoms with E-state index >= 15 is 0 Å². The maximum Gasteiger partial charge on any atom is 0.328 e. The molecular formula is C12H12BrClN4O. The molecule has 1 aromatic heterocycles. The van der Waals surface area contributed by atoms with Gasteiger partial charge in [-0.2, -0.15) is 15.0 Å². The van der Waals surface area contributed by atoms with Crippen molar-refractivity contribution in [3.8, 4) is 11.8 Å². The van der Waals surface area contributed by atoms with Crippen LogP contribution in [0.2, 0.25) is 5.28 Å². The van der Waals surface area contributed by atoms with Crippen LogP contribution in [0.3, 0.4) is 0 Å². The number of anilines is 1. The van der Waals surface area contributed by atoms with Gasteiger partial charge < -0.3 is 10.1 Å². The highest BCUT2D eigenvalue weighted by molar-refractivity contribution is 9.10. The van der Waals surface area contributed by atoms with E-state index in [1.54, 1.807) is 0 Å². The van der Waals surface area contributed by atoms with Crippen LogP contribution in [-0.2, 0) is 0 Å². The van der Waals surface area contributed by atoms with Crippen LogP contribution in [0.25, 0.3) is 0 Å². The monoisotopic (exact) mass is 342 g/mol. The topological polar surface area (TPSA) is 59.9 Å². The fourth-order valence-electron chi connectivity index (χ4n) is 1.40. The van der Waals surface area contributed by atoms with Crippen LogP contribution < -0.4 is 10.1 Å². The smallest absolute Gasteiger partial charge is 0.328 e. The number of halogens is 2. The first-order chi connectivity index (χ1) is 9.08. The normalized spacial score (nSPS) is 10.3. The molecule has 2 rings (SSSR count). The van der Waals surface area contributed by atoms with Gasteiger partial charge in [0.05, 0.1) is 4.47 Å². The van der Waals surface area contributed by atoms with Crippen molar-refractivity contribution in [2.75, 3.05) is 11.9 Å². The summed E-state index contributed by atoms with van der Waals surface area (Å²) in [6.45, 7) is 4.63. The van der Waals surface area contributed by atoms with Crippen LogP contribution in [0.15, 0.2) is 22.7 Å². The Bertz CT molecular complexity index is 594. The second kappa shape index (κ2) is 6.16. The van der Waals surface area contributed by atoms with Crippen LogP contribution >= 0.6 is 27.5 Å². The van der Waals surface area contributed by atoms with Gasteiger partial charge >= 0.3 is 6.01 Å². The van der Waals surface area contributed by atoms with Crippen molar-refractivity contribution in [1.29, 1.82) is 0 Å². The lowest BCUT2D eigenvalue weighted by molar-refractivity contribution is 0.437. The number of ether oxygens (including phenoxy) is 1. The number of aromatic nitrogens is 3. The molecule has 1 N–H and O–H groups in total. The Labute approximate surface area is 124 Å². The second-order valence-electron chi connectivity index (χ2n) is 3.78. The Morgan fingerprint density at radius 2 is 2.11 bits per heavy atom. The minimum Gasteiger partial charge on any atom is -0.423 e. The molecule has 0 fully saturated rings. The molecule has 0 aliphatic heterocycles. The summed E-state index contributed by atoms with van der Waals surface area (Å²) < 4.78 is 6.43. The Kier molecular flexibility index (Phi) is 4.55. The largest absolute Gasteiger partial charge is 0.423 e. The lowest BCUT2D eigenvalue weighted by atomic mass is 10.2. The van der Waals surface area contributed by atoms with E-state index in [9.17, 15) is 0 Å². The summed E-state index contributed by atoms with van der Waals surface area (Å²) >= 11 is 9.25. The van der Waals surface area contributed by atoms with Crippen LogP contribution in [-0.4, -0.2) is 21.5 Å². The van der Waals surface area contributed by atoms with Gasteiger partial charge in [-0.3, -0.25) is 0 Å². The van der Waals surface area contributed by atoms with E-state index in [4.69, 9.17) is 16.3 Å². The third-order valence-electron chi connectivity index (χ3n) is 2.21. The number of hydrogen-bond acceptors (Lipinski definition) is 5. The van der Waals surface area contributed by atoms with Crippen molar-refractivity contribution in [3.63, 3.8) is 0 Å². The van der Waals surface area contributed by atoms with E-state index in [0.29, 0.717) is 18.2 Å². The lowest BCUT2D eigenvalue weighted by Crippen LogP contribution is -2.04. The molecule has 0 saturated heterocycles. The van der Waals surface area contributed by atoms with Gasteiger partial charge in [0.25, 0.3) is 0 Å². The molecular weight excluding hydrogens is 332 g/mol. The predicted octanol–water partition coefficient (Wildman–Crippen LogP) is 3.82. The molecule has 2 aromatic rings. The first-order valence-electron chi connectivity index (χ1n) is 5.68. The number of rotatable bonds is 4. The zero-order valence-electron chi connectivity index (χ0n) is 10.4. The van der Waals surface area contributed by atoms with Crippen molar-refractivity contribution >= 4 is 33.5 Å². The Morgan fingerprint density at radius 3 is 2.79 bits per heavy atom. The van der Waals surface area contributed by atoms with Gasteiger partial charge in [-0.15, -0.1) is 0 Å². The minimum absolute atomic E-state index is 0.0872. The molecule has 1 heterocycles. The van der Waals surface area contributed by atoms with E-state index in [2.05, 4.69) is 36.2 Å². The first-order valence-corrected chi connectivity index (χ1v) is 6.85. The standard InChI is InChI=1S/C12H12BrClN4O/c1-3-15-11-16-10(14)17-12(18-11)19-9-5-4-7(2)6-8(9)13/h4-6H,3H2,1-2H3,(H,15,16,17,18). The third-order valence-corrected chi connectivity index (χ3v) is 3.00. The zero-order chi connectivity index (χ0) is 13.8. The van der Waals surface area contributed by atoms with Crippen molar-refractivity contribution in [2.24, 2.45) is 0 Å². The van der Waals surface area contributed by atoms with Gasteiger partial charge in [0.15, 0.2) is 0 Å². The molecule has 19 heavy (non-hydrogen) atoms. The molecule has 7 heteroatoms. The molecule has 5 nitrogen and oxygen atoms in total. The maximum atomic E-state index is 5.82. The first kappa shape index (κ1) is 14.0. The molecule has 100 valence electrons. The SMILES string of the molecule is CCNc1nc(Cl)nc(Oc2ccc(C)cc2Br)n1. The Morgan fingerprint density at radius 1 is 1.32 bits per heavy atom. The van der Waals surface area contributed by atoms with Gasteiger partial charge in [0.1, 0.15) is 5.75 Å². The number of hydrogen-bond donors (Lipinski definition) is 1. The van der Waals surface area contributed by atoms with E-state index in [0.717, 1.165) is 10.0 Å². The summed E-state index contributed by atoms with van der Waals surface area (Å²) in [5.74, 6) is 1.01. The third kappa shape index (κ3) is 3.78. The summed E-state index contributed by atoms with van der Waals surface area (Å²) in [4.78, 5) is 12.0. The van der Waals surface area contributed by atoms with Crippen molar-refractivity contribution < 1.29 is 4.74 Å². The van der Waals surface area contributed by atoms with Gasteiger partial charge in [-0.1, -0.05) is 6.07 Å². The van der Waals surface area contributed by atoms with Gasteiger partial charge in [-0.25, -0.2) is 0 Å². The number of benzene rings is 1. The molecule has 0 saturated carbocycles. The molecule has 0 amide bonds. The molecule has 1 aromatic carbocycles. The van der Waals surface area contributed by atoms with Gasteiger partial charge in [-0.05, 0) is 59.1 Å². The van der Waals surface area contributed by atoms with Crippen molar-refractivity contribution in [2.45, 2.75) is 13.8 Å². The van der Waals surface area contributed by atoms with Crippen molar-refractivity contribution in [3.05, 3.63) is 33.5 Å². The number of nitrogens with zero attached hydrogens (tertiary/aromatic N) is 3. The highest BCUT2D eigenvalue weighted by Gasteiger charge is 2.09. The number of aryl methyl sites for hydroxylation is 1. The molecule has 0 radical (unpaired) electrons. The molecule has 0 atom stereocenters. The summed E-state index contributed by atoms with van der Waals surface area (Å²) in [6, 6.07) is 5.88. The van der Waals surface area contributed by atoms with Crippen LogP contribution in [0.5, 0.6) is 11.8 Å². The number of nitrogens with one attached hydrogen (secondary N) is 1. The van der Waals surface area contributed by atoms with Gasteiger partial charge in [0.2, 0.25) is 11.2 Å². The highest BCUT2D eigenvalue weighted by Crippen LogP contribution is 2.29. The average molecular weight is 344 g/mol. The van der Waals surface area contributed by atoms with Crippen LogP contribution in [0, 0.1) is 6.92 Å². The lowest BCUT2D eigenvalue weighted by Gasteiger charge is -2.08. The van der Waals surface area contributed by atoms with E-state index in [1.807, 2.05) is 32.0 Å². The molecule has 0 spiro atoms. The fraction of sp³-hybridized carbons (Fsp3) is 0.250. The average Bonchev–Trinajstić information content (AvgIpc) is 2.32. The molecule has 0 aliphatic carbocycles. The fourth-order valence-corrected chi connectivity index (χ4v) is 2.13. The summed E-state index contributed by atoms with van der Waals surface area (Å²) in [6.07, 6.45) is 0. The Balaban J connectivity index is 2.27. The molecule has 0 aliphatic rings. The molecule has 0 unspecified atom stereocenters. The maximum absolute atomic E-state index is 5.82. The van der Waals surface area contributed by atoms with Crippen LogP contribution in [0.1, 0.15) is 12.5 Å². The second-order valence-corrected chi connectivity index (χ2v) is 4.97. The summed E-state index contributed by atoms with van der Waals surface area (Å²) in [5, 5.41) is 3.05. The van der Waals surface area contributed by atoms with E-state index < -0.39 is 0 Å². The zero-order valence-corrected chi connectivity index (χ0v) is 12.8.